The second-order valence-corrected chi connectivity index (χ2v) is 16.4. The smallest absolute Gasteiger partial charge is 0.131 e. The van der Waals surface area contributed by atoms with Gasteiger partial charge in [0.05, 0.1) is 14.1 Å². The first-order chi connectivity index (χ1) is 28.8. The first-order valence-electron chi connectivity index (χ1n) is 20.3. The summed E-state index contributed by atoms with van der Waals surface area (Å²) in [6.45, 7) is 1.33. The van der Waals surface area contributed by atoms with Gasteiger partial charge in [-0.15, -0.1) is 0 Å². The van der Waals surface area contributed by atoms with E-state index < -0.39 is 0 Å². The largest absolute Gasteiger partial charge is 0.507 e. The first kappa shape index (κ1) is 36.2. The van der Waals surface area contributed by atoms with E-state index in [1.54, 1.807) is 0 Å². The van der Waals surface area contributed by atoms with Gasteiger partial charge in [-0.05, 0) is 78.0 Å². The number of nitrogens with zero attached hydrogens (tertiary/aromatic N) is 1. The second-order valence-electron chi connectivity index (χ2n) is 16.4. The van der Waals surface area contributed by atoms with Gasteiger partial charge in [0.1, 0.15) is 24.6 Å². The Morgan fingerprint density at radius 2 is 0.814 bits per heavy atom. The molecule has 0 aliphatic heterocycles. The molecule has 0 aliphatic carbocycles. The Bertz CT molecular complexity index is 3200. The maximum absolute atomic E-state index is 12.5. The molecule has 2 N–H and O–H groups in total. The van der Waals surface area contributed by atoms with Crippen molar-refractivity contribution in [1.29, 1.82) is 0 Å². The lowest BCUT2D eigenvalue weighted by atomic mass is 9.84. The minimum Gasteiger partial charge on any atom is -0.507 e. The SMILES string of the molecule is C[N+](C)(Cc1ccc2ccccc2c1-c1c(O)c(-c2ccccc2)cc2ccccc12)Cc1c(-c2ccccc2)cc2ccccc2c1-c1c(O)ccc2ccccc12. The molecule has 10 rings (SSSR count). The van der Waals surface area contributed by atoms with E-state index in [9.17, 15) is 10.2 Å². The highest BCUT2D eigenvalue weighted by Gasteiger charge is 2.29. The fourth-order valence-electron chi connectivity index (χ4n) is 9.35. The van der Waals surface area contributed by atoms with Crippen LogP contribution in [0.2, 0.25) is 0 Å². The summed E-state index contributed by atoms with van der Waals surface area (Å²) in [5.41, 5.74) is 10.2. The van der Waals surface area contributed by atoms with Gasteiger partial charge in [0.15, 0.2) is 0 Å². The molecular formula is C56H44NO2+. The Balaban J connectivity index is 1.21. The molecule has 0 spiro atoms. The molecule has 3 heteroatoms. The summed E-state index contributed by atoms with van der Waals surface area (Å²) < 4.78 is 0.596. The lowest BCUT2D eigenvalue weighted by molar-refractivity contribution is -0.916. The monoisotopic (exact) mass is 762 g/mol. The summed E-state index contributed by atoms with van der Waals surface area (Å²) >= 11 is 0. The Kier molecular flexibility index (Phi) is 8.97. The normalized spacial score (nSPS) is 11.8. The lowest BCUT2D eigenvalue weighted by Gasteiger charge is -2.33. The van der Waals surface area contributed by atoms with Crippen LogP contribution in [0.15, 0.2) is 194 Å². The van der Waals surface area contributed by atoms with E-state index in [0.717, 1.165) is 93.2 Å². The maximum atomic E-state index is 12.5. The standard InChI is InChI=1S/C56H43NO2/c1-57(2,35-43-30-29-39-21-9-13-25-44(39)52(43)55-47-28-16-12-24-42(47)34-49(56(55)59)38-19-7-4-8-20-38)36-50-48(37-17-5-3-6-18-37)33-41-23-11-15-27-46(41)53(50)54-45-26-14-10-22-40(45)31-32-51(54)58/h3-34H,35-36H2,1-2H3,(H-,58,59)/p+1. The zero-order valence-corrected chi connectivity index (χ0v) is 33.2. The molecule has 10 aromatic rings. The number of rotatable bonds is 8. The molecule has 0 fully saturated rings. The second kappa shape index (κ2) is 14.6. The van der Waals surface area contributed by atoms with Gasteiger partial charge in [-0.1, -0.05) is 176 Å². The highest BCUT2D eigenvalue weighted by atomic mass is 16.3. The van der Waals surface area contributed by atoms with Crippen molar-refractivity contribution in [3.63, 3.8) is 0 Å². The summed E-state index contributed by atoms with van der Waals surface area (Å²) in [5.74, 6) is 0.551. The Morgan fingerprint density at radius 3 is 1.41 bits per heavy atom. The van der Waals surface area contributed by atoms with Gasteiger partial charge in [0.2, 0.25) is 0 Å². The third kappa shape index (κ3) is 6.46. The van der Waals surface area contributed by atoms with E-state index in [4.69, 9.17) is 0 Å². The van der Waals surface area contributed by atoms with Crippen LogP contribution in [-0.2, 0) is 13.1 Å². The van der Waals surface area contributed by atoms with Crippen LogP contribution >= 0.6 is 0 Å². The summed E-state index contributed by atoms with van der Waals surface area (Å²) in [6.07, 6.45) is 0. The van der Waals surface area contributed by atoms with Gasteiger partial charge in [0, 0.05) is 38.9 Å². The van der Waals surface area contributed by atoms with Gasteiger partial charge in [-0.2, -0.15) is 0 Å². The zero-order chi connectivity index (χ0) is 40.1. The van der Waals surface area contributed by atoms with Crippen molar-refractivity contribution in [3.05, 3.63) is 205 Å². The van der Waals surface area contributed by atoms with E-state index in [-0.39, 0.29) is 11.5 Å². The van der Waals surface area contributed by atoms with Crippen LogP contribution in [0.4, 0.5) is 0 Å². The molecule has 284 valence electrons. The summed E-state index contributed by atoms with van der Waals surface area (Å²) in [6, 6.07) is 67.5. The van der Waals surface area contributed by atoms with E-state index >= 15 is 0 Å². The Hall–Kier alpha value is -7.20. The summed E-state index contributed by atoms with van der Waals surface area (Å²) in [4.78, 5) is 0. The van der Waals surface area contributed by atoms with Crippen molar-refractivity contribution in [2.75, 3.05) is 14.1 Å². The van der Waals surface area contributed by atoms with E-state index in [1.807, 2.05) is 30.3 Å². The quantitative estimate of drug-likeness (QED) is 0.151. The molecule has 0 heterocycles. The third-order valence-electron chi connectivity index (χ3n) is 12.0. The van der Waals surface area contributed by atoms with Gasteiger partial charge in [0.25, 0.3) is 0 Å². The number of phenolic OH excluding ortho intramolecular Hbond substituents is 2. The molecule has 0 unspecified atom stereocenters. The van der Waals surface area contributed by atoms with Crippen LogP contribution in [0.1, 0.15) is 11.1 Å². The molecule has 0 bridgehead atoms. The van der Waals surface area contributed by atoms with Crippen LogP contribution < -0.4 is 0 Å². The van der Waals surface area contributed by atoms with Gasteiger partial charge in [-0.3, -0.25) is 0 Å². The van der Waals surface area contributed by atoms with Crippen molar-refractivity contribution in [1.82, 2.24) is 0 Å². The van der Waals surface area contributed by atoms with Crippen molar-refractivity contribution in [3.8, 4) is 56.0 Å². The fourth-order valence-corrected chi connectivity index (χ4v) is 9.35. The molecule has 0 aliphatic rings. The average molecular weight is 763 g/mol. The van der Waals surface area contributed by atoms with Crippen LogP contribution in [0.25, 0.3) is 87.6 Å². The maximum Gasteiger partial charge on any atom is 0.131 e. The highest BCUT2D eigenvalue weighted by Crippen LogP contribution is 2.49. The molecular weight excluding hydrogens is 719 g/mol. The molecule has 0 saturated carbocycles. The Labute approximate surface area is 344 Å². The molecule has 0 radical (unpaired) electrons. The fraction of sp³-hybridized carbons (Fsp3) is 0.0714. The van der Waals surface area contributed by atoms with E-state index in [1.165, 1.54) is 5.56 Å². The van der Waals surface area contributed by atoms with E-state index in [2.05, 4.69) is 178 Å². The van der Waals surface area contributed by atoms with Crippen molar-refractivity contribution in [2.24, 2.45) is 0 Å². The average Bonchev–Trinajstić information content (AvgIpc) is 3.27. The summed E-state index contributed by atoms with van der Waals surface area (Å²) in [5, 5.41) is 33.1. The first-order valence-corrected chi connectivity index (χ1v) is 20.3. The van der Waals surface area contributed by atoms with Crippen molar-refractivity contribution < 1.29 is 14.7 Å². The number of fused-ring (bicyclic) bond motifs is 4. The van der Waals surface area contributed by atoms with E-state index in [0.29, 0.717) is 17.6 Å². The number of benzene rings is 10. The molecule has 10 aromatic carbocycles. The number of quaternary nitrogens is 1. The number of aromatic hydroxyl groups is 2. The molecule has 0 aromatic heterocycles. The van der Waals surface area contributed by atoms with Crippen molar-refractivity contribution >= 4 is 43.1 Å². The molecule has 0 saturated heterocycles. The predicted molar refractivity (Wildman–Crippen MR) is 247 cm³/mol. The van der Waals surface area contributed by atoms with Crippen LogP contribution in [0, 0.1) is 0 Å². The van der Waals surface area contributed by atoms with Gasteiger partial charge in [-0.25, -0.2) is 0 Å². The van der Waals surface area contributed by atoms with Crippen LogP contribution in [0.5, 0.6) is 11.5 Å². The third-order valence-corrected chi connectivity index (χ3v) is 12.0. The number of hydrogen-bond donors (Lipinski definition) is 2. The molecule has 59 heavy (non-hydrogen) atoms. The molecule has 0 amide bonds. The minimum absolute atomic E-state index is 0.267. The molecule has 3 nitrogen and oxygen atoms in total. The topological polar surface area (TPSA) is 40.5 Å². The van der Waals surface area contributed by atoms with Crippen LogP contribution in [-0.4, -0.2) is 28.8 Å². The predicted octanol–water partition coefficient (Wildman–Crippen LogP) is 14.2. The van der Waals surface area contributed by atoms with Gasteiger partial charge >= 0.3 is 0 Å². The zero-order valence-electron chi connectivity index (χ0n) is 33.2. The number of phenols is 2. The summed E-state index contributed by atoms with van der Waals surface area (Å²) in [7, 11) is 4.60. The van der Waals surface area contributed by atoms with Crippen molar-refractivity contribution in [2.45, 2.75) is 13.1 Å². The number of hydrogen-bond acceptors (Lipinski definition) is 2. The Morgan fingerprint density at radius 1 is 0.373 bits per heavy atom. The van der Waals surface area contributed by atoms with Gasteiger partial charge < -0.3 is 14.7 Å². The minimum atomic E-state index is 0.267. The lowest BCUT2D eigenvalue weighted by Crippen LogP contribution is -2.38. The highest BCUT2D eigenvalue weighted by molar-refractivity contribution is 6.12. The molecule has 0 atom stereocenters. The van der Waals surface area contributed by atoms with Crippen LogP contribution in [0.3, 0.4) is 0 Å².